The van der Waals surface area contributed by atoms with Crippen LogP contribution in [-0.4, -0.2) is 26.3 Å². The van der Waals surface area contributed by atoms with Crippen LogP contribution in [0, 0.1) is 0 Å². The molecule has 0 N–H and O–H groups in total. The van der Waals surface area contributed by atoms with Gasteiger partial charge in [0.05, 0.1) is 24.6 Å². The van der Waals surface area contributed by atoms with Crippen molar-refractivity contribution >= 4 is 28.3 Å². The second-order valence-electron chi connectivity index (χ2n) is 6.92. The van der Waals surface area contributed by atoms with Crippen LogP contribution in [0.1, 0.15) is 5.56 Å². The Bertz CT molecular complexity index is 1420. The second kappa shape index (κ2) is 7.31. The van der Waals surface area contributed by atoms with Crippen LogP contribution in [0.25, 0.3) is 28.1 Å². The summed E-state index contributed by atoms with van der Waals surface area (Å²) in [4.78, 5) is 13.3. The van der Waals surface area contributed by atoms with Gasteiger partial charge in [-0.25, -0.2) is 0 Å². The lowest BCUT2D eigenvalue weighted by atomic mass is 10.2. The number of nitrogens with zero attached hydrogens (tertiary/aromatic N) is 4. The van der Waals surface area contributed by atoms with Gasteiger partial charge >= 0.3 is 0 Å². The smallest absolute Gasteiger partial charge is 0.263 e. The van der Waals surface area contributed by atoms with Crippen LogP contribution >= 0.6 is 11.6 Å². The molecule has 5 aromatic rings. The highest BCUT2D eigenvalue weighted by molar-refractivity contribution is 6.30. The first kappa shape index (κ1) is 18.4. The predicted molar refractivity (Wildman–Crippen MR) is 117 cm³/mol. The van der Waals surface area contributed by atoms with Crippen molar-refractivity contribution in [2.75, 3.05) is 7.11 Å². The van der Waals surface area contributed by atoms with E-state index in [1.807, 2.05) is 77.2 Å². The quantitative estimate of drug-likeness (QED) is 0.435. The minimum Gasteiger partial charge on any atom is -0.497 e. The molecule has 2 aromatic heterocycles. The highest BCUT2D eigenvalue weighted by atomic mass is 35.5. The Hall–Kier alpha value is -3.64. The van der Waals surface area contributed by atoms with Crippen LogP contribution < -0.4 is 10.3 Å². The SMILES string of the molecule is COc1ccc(Cn2c(=O)c3ccccc3n3c(-c4ccc(Cl)cc4)nnc23)cc1. The van der Waals surface area contributed by atoms with Crippen LogP contribution in [0.15, 0.2) is 77.6 Å². The molecule has 0 saturated carbocycles. The third-order valence-corrected chi connectivity index (χ3v) is 5.36. The van der Waals surface area contributed by atoms with Crippen LogP contribution in [0.5, 0.6) is 5.75 Å². The van der Waals surface area contributed by atoms with Gasteiger partial charge in [-0.2, -0.15) is 0 Å². The third kappa shape index (κ3) is 3.02. The number of benzene rings is 3. The van der Waals surface area contributed by atoms with Crippen LogP contribution in [0.2, 0.25) is 5.02 Å². The molecule has 0 bridgehead atoms. The summed E-state index contributed by atoms with van der Waals surface area (Å²) < 4.78 is 8.80. The maximum Gasteiger partial charge on any atom is 0.263 e. The molecule has 148 valence electrons. The lowest BCUT2D eigenvalue weighted by molar-refractivity contribution is 0.414. The van der Waals surface area contributed by atoms with E-state index in [2.05, 4.69) is 10.2 Å². The molecule has 0 aliphatic rings. The summed E-state index contributed by atoms with van der Waals surface area (Å²) in [6, 6.07) is 22.5. The fourth-order valence-corrected chi connectivity index (χ4v) is 3.73. The molecule has 0 spiro atoms. The number of halogens is 1. The Balaban J connectivity index is 1.76. The van der Waals surface area contributed by atoms with Gasteiger partial charge in [0, 0.05) is 10.6 Å². The molecule has 0 unspecified atom stereocenters. The number of aromatic nitrogens is 4. The van der Waals surface area contributed by atoms with Crippen molar-refractivity contribution in [2.24, 2.45) is 0 Å². The maximum absolute atomic E-state index is 13.3. The van der Waals surface area contributed by atoms with E-state index in [9.17, 15) is 4.79 Å². The van der Waals surface area contributed by atoms with Gasteiger partial charge in [0.2, 0.25) is 5.78 Å². The Morgan fingerprint density at radius 1 is 0.933 bits per heavy atom. The summed E-state index contributed by atoms with van der Waals surface area (Å²) in [5, 5.41) is 10.0. The maximum atomic E-state index is 13.3. The number of ether oxygens (including phenoxy) is 1. The van der Waals surface area contributed by atoms with Crippen molar-refractivity contribution in [1.82, 2.24) is 19.2 Å². The number of fused-ring (bicyclic) bond motifs is 3. The Morgan fingerprint density at radius 2 is 1.67 bits per heavy atom. The van der Waals surface area contributed by atoms with Crippen molar-refractivity contribution in [3.63, 3.8) is 0 Å². The van der Waals surface area contributed by atoms with Crippen LogP contribution in [-0.2, 0) is 6.54 Å². The number of hydrogen-bond donors (Lipinski definition) is 0. The van der Waals surface area contributed by atoms with E-state index in [0.717, 1.165) is 22.4 Å². The van der Waals surface area contributed by atoms with E-state index in [0.29, 0.717) is 28.6 Å². The molecular formula is C23H17ClN4O2. The number of hydrogen-bond acceptors (Lipinski definition) is 4. The molecule has 2 heterocycles. The first-order chi connectivity index (χ1) is 14.7. The predicted octanol–water partition coefficient (Wildman–Crippen LogP) is 4.42. The molecule has 0 amide bonds. The number of para-hydroxylation sites is 1. The fraction of sp³-hybridized carbons (Fsp3) is 0.0870. The lowest BCUT2D eigenvalue weighted by Gasteiger charge is -2.12. The molecule has 3 aromatic carbocycles. The van der Waals surface area contributed by atoms with Gasteiger partial charge in [-0.15, -0.1) is 10.2 Å². The van der Waals surface area contributed by atoms with Crippen molar-refractivity contribution < 1.29 is 4.74 Å². The van der Waals surface area contributed by atoms with E-state index in [4.69, 9.17) is 16.3 Å². The summed E-state index contributed by atoms with van der Waals surface area (Å²) in [6.07, 6.45) is 0. The summed E-state index contributed by atoms with van der Waals surface area (Å²) in [7, 11) is 1.63. The van der Waals surface area contributed by atoms with Crippen LogP contribution in [0.3, 0.4) is 0 Å². The highest BCUT2D eigenvalue weighted by Gasteiger charge is 2.17. The average molecular weight is 417 g/mol. The molecule has 0 saturated heterocycles. The van der Waals surface area contributed by atoms with E-state index in [1.165, 1.54) is 0 Å². The molecule has 0 radical (unpaired) electrons. The van der Waals surface area contributed by atoms with Gasteiger partial charge in [-0.05, 0) is 54.1 Å². The second-order valence-corrected chi connectivity index (χ2v) is 7.36. The van der Waals surface area contributed by atoms with E-state index in [1.54, 1.807) is 11.7 Å². The zero-order chi connectivity index (χ0) is 20.7. The fourth-order valence-electron chi connectivity index (χ4n) is 3.60. The monoisotopic (exact) mass is 416 g/mol. The lowest BCUT2D eigenvalue weighted by Crippen LogP contribution is -2.24. The van der Waals surface area contributed by atoms with Crippen molar-refractivity contribution in [2.45, 2.75) is 6.54 Å². The Labute approximate surface area is 176 Å². The largest absolute Gasteiger partial charge is 0.497 e. The van der Waals surface area contributed by atoms with Gasteiger partial charge in [0.25, 0.3) is 5.56 Å². The standard InChI is InChI=1S/C23H17ClN4O2/c1-30-18-12-6-15(7-13-18)14-27-22(29)19-4-2-3-5-20(19)28-21(25-26-23(27)28)16-8-10-17(24)11-9-16/h2-13H,14H2,1H3. The Kier molecular flexibility index (Phi) is 4.48. The zero-order valence-corrected chi connectivity index (χ0v) is 16.9. The topological polar surface area (TPSA) is 61.4 Å². The number of methoxy groups -OCH3 is 1. The average Bonchev–Trinajstić information content (AvgIpc) is 3.23. The van der Waals surface area contributed by atoms with Crippen LogP contribution in [0.4, 0.5) is 0 Å². The molecule has 7 heteroatoms. The molecule has 0 fully saturated rings. The minimum atomic E-state index is -0.107. The normalized spacial score (nSPS) is 11.3. The summed E-state index contributed by atoms with van der Waals surface area (Å²) in [5.41, 5.74) is 2.49. The molecule has 0 atom stereocenters. The van der Waals surface area contributed by atoms with Crippen molar-refractivity contribution in [1.29, 1.82) is 0 Å². The van der Waals surface area contributed by atoms with E-state index < -0.39 is 0 Å². The number of rotatable bonds is 4. The minimum absolute atomic E-state index is 0.107. The van der Waals surface area contributed by atoms with Gasteiger partial charge in [0.15, 0.2) is 5.82 Å². The summed E-state index contributed by atoms with van der Waals surface area (Å²) >= 11 is 6.05. The highest BCUT2D eigenvalue weighted by Crippen LogP contribution is 2.24. The molecular weight excluding hydrogens is 400 g/mol. The molecule has 5 rings (SSSR count). The van der Waals surface area contributed by atoms with E-state index >= 15 is 0 Å². The van der Waals surface area contributed by atoms with Gasteiger partial charge in [-0.1, -0.05) is 35.9 Å². The zero-order valence-electron chi connectivity index (χ0n) is 16.1. The van der Waals surface area contributed by atoms with Gasteiger partial charge in [0.1, 0.15) is 5.75 Å². The molecule has 0 aliphatic carbocycles. The van der Waals surface area contributed by atoms with E-state index in [-0.39, 0.29) is 5.56 Å². The molecule has 6 nitrogen and oxygen atoms in total. The molecule has 30 heavy (non-hydrogen) atoms. The molecule has 0 aliphatic heterocycles. The first-order valence-electron chi connectivity index (χ1n) is 9.41. The summed E-state index contributed by atoms with van der Waals surface area (Å²) in [5.74, 6) is 1.91. The first-order valence-corrected chi connectivity index (χ1v) is 9.79. The van der Waals surface area contributed by atoms with Gasteiger partial charge in [-0.3, -0.25) is 13.8 Å². The summed E-state index contributed by atoms with van der Waals surface area (Å²) in [6.45, 7) is 0.371. The van der Waals surface area contributed by atoms with Crippen molar-refractivity contribution in [3.8, 4) is 17.1 Å². The van der Waals surface area contributed by atoms with Gasteiger partial charge < -0.3 is 4.74 Å². The van der Waals surface area contributed by atoms with Crippen molar-refractivity contribution in [3.05, 3.63) is 93.7 Å². The Morgan fingerprint density at radius 3 is 2.40 bits per heavy atom. The third-order valence-electron chi connectivity index (χ3n) is 5.11.